The number of carbonyl (C=O) groups excluding carboxylic acids is 1. The number of anilines is 1. The van der Waals surface area contributed by atoms with Crippen LogP contribution in [0.5, 0.6) is 5.75 Å². The summed E-state index contributed by atoms with van der Waals surface area (Å²) in [6.45, 7) is 1.40. The third-order valence-electron chi connectivity index (χ3n) is 4.68. The number of nitrogens with one attached hydrogen (secondary N) is 1. The van der Waals surface area contributed by atoms with Crippen molar-refractivity contribution in [3.05, 3.63) is 90.0 Å². The zero-order valence-electron chi connectivity index (χ0n) is 18.0. The number of para-hydroxylation sites is 1. The third-order valence-corrected chi connectivity index (χ3v) is 6.08. The molecule has 0 heterocycles. The summed E-state index contributed by atoms with van der Waals surface area (Å²) < 4.78 is 38.1. The van der Waals surface area contributed by atoms with Gasteiger partial charge < -0.3 is 14.4 Å². The highest BCUT2D eigenvalue weighted by Crippen LogP contribution is 2.18. The number of hydrogen-bond donors (Lipinski definition) is 1. The minimum absolute atomic E-state index is 0.0876. The fourth-order valence-electron chi connectivity index (χ4n) is 3.00. The first kappa shape index (κ1) is 23.3. The normalized spacial score (nSPS) is 11.1. The maximum absolute atomic E-state index is 12.8. The van der Waals surface area contributed by atoms with Crippen molar-refractivity contribution in [2.24, 2.45) is 0 Å². The van der Waals surface area contributed by atoms with Gasteiger partial charge in [-0.05, 0) is 54.1 Å². The number of amides is 1. The molecular formula is C24H26N2O5S. The van der Waals surface area contributed by atoms with E-state index in [1.165, 1.54) is 24.3 Å². The van der Waals surface area contributed by atoms with Crippen molar-refractivity contribution < 1.29 is 22.7 Å². The molecule has 1 amide bonds. The summed E-state index contributed by atoms with van der Waals surface area (Å²) in [7, 11) is -0.412. The lowest BCUT2D eigenvalue weighted by atomic mass is 10.1. The Kier molecular flexibility index (Phi) is 7.86. The molecule has 0 aromatic heterocycles. The number of benzene rings is 3. The minimum Gasteiger partial charge on any atom is -0.491 e. The molecule has 0 saturated heterocycles. The Bertz CT molecular complexity index is 1120. The Hall–Kier alpha value is -3.36. The van der Waals surface area contributed by atoms with E-state index >= 15 is 0 Å². The largest absolute Gasteiger partial charge is 0.491 e. The van der Waals surface area contributed by atoms with Gasteiger partial charge in [-0.2, -0.15) is 0 Å². The van der Waals surface area contributed by atoms with Crippen molar-refractivity contribution in [1.82, 2.24) is 4.90 Å². The SMILES string of the molecule is COCCOc1ccc(CN(C)C(=O)c2ccc(S(=O)(=O)Nc3ccccc3)cc2)cc1. The van der Waals surface area contributed by atoms with Gasteiger partial charge in [0.05, 0.1) is 11.5 Å². The molecule has 0 unspecified atom stereocenters. The van der Waals surface area contributed by atoms with E-state index in [2.05, 4.69) is 4.72 Å². The van der Waals surface area contributed by atoms with E-state index in [0.29, 0.717) is 31.0 Å². The molecule has 168 valence electrons. The topological polar surface area (TPSA) is 84.9 Å². The minimum atomic E-state index is -3.73. The first-order chi connectivity index (χ1) is 15.4. The van der Waals surface area contributed by atoms with E-state index in [0.717, 1.165) is 11.3 Å². The summed E-state index contributed by atoms with van der Waals surface area (Å²) in [5.74, 6) is 0.533. The summed E-state index contributed by atoms with van der Waals surface area (Å²) >= 11 is 0. The summed E-state index contributed by atoms with van der Waals surface area (Å²) in [5.41, 5.74) is 1.83. The lowest BCUT2D eigenvalue weighted by molar-refractivity contribution is 0.0785. The van der Waals surface area contributed by atoms with E-state index in [1.807, 2.05) is 24.3 Å². The molecule has 1 N–H and O–H groups in total. The van der Waals surface area contributed by atoms with Crippen molar-refractivity contribution in [2.45, 2.75) is 11.4 Å². The van der Waals surface area contributed by atoms with Crippen LogP contribution >= 0.6 is 0 Å². The van der Waals surface area contributed by atoms with E-state index in [1.54, 1.807) is 49.4 Å². The van der Waals surface area contributed by atoms with Gasteiger partial charge in [-0.25, -0.2) is 8.42 Å². The van der Waals surface area contributed by atoms with Crippen LogP contribution in [0.1, 0.15) is 15.9 Å². The summed E-state index contributed by atoms with van der Waals surface area (Å²) in [6, 6.07) is 22.0. The van der Waals surface area contributed by atoms with Crippen LogP contribution in [0.2, 0.25) is 0 Å². The van der Waals surface area contributed by atoms with Crippen molar-refractivity contribution in [1.29, 1.82) is 0 Å². The van der Waals surface area contributed by atoms with Gasteiger partial charge >= 0.3 is 0 Å². The molecule has 0 radical (unpaired) electrons. The van der Waals surface area contributed by atoms with Crippen LogP contribution in [0, 0.1) is 0 Å². The van der Waals surface area contributed by atoms with Gasteiger partial charge in [0.1, 0.15) is 12.4 Å². The van der Waals surface area contributed by atoms with Gasteiger partial charge in [-0.15, -0.1) is 0 Å². The highest BCUT2D eigenvalue weighted by molar-refractivity contribution is 7.92. The van der Waals surface area contributed by atoms with Crippen LogP contribution in [0.25, 0.3) is 0 Å². The van der Waals surface area contributed by atoms with Crippen LogP contribution in [0.15, 0.2) is 83.8 Å². The molecular weight excluding hydrogens is 428 g/mol. The number of rotatable bonds is 10. The summed E-state index contributed by atoms with van der Waals surface area (Å²) in [4.78, 5) is 14.4. The van der Waals surface area contributed by atoms with Crippen molar-refractivity contribution >= 4 is 21.6 Å². The van der Waals surface area contributed by atoms with E-state index in [-0.39, 0.29) is 10.8 Å². The second-order valence-electron chi connectivity index (χ2n) is 7.14. The molecule has 0 aliphatic rings. The fraction of sp³-hybridized carbons (Fsp3) is 0.208. The van der Waals surface area contributed by atoms with Crippen molar-refractivity contribution in [2.75, 3.05) is 32.1 Å². The number of carbonyl (C=O) groups is 1. The highest BCUT2D eigenvalue weighted by atomic mass is 32.2. The smallest absolute Gasteiger partial charge is 0.261 e. The Balaban J connectivity index is 1.61. The van der Waals surface area contributed by atoms with Crippen LogP contribution in [-0.2, 0) is 21.3 Å². The third kappa shape index (κ3) is 6.32. The lowest BCUT2D eigenvalue weighted by Crippen LogP contribution is -2.26. The van der Waals surface area contributed by atoms with Gasteiger partial charge in [0.25, 0.3) is 15.9 Å². The number of sulfonamides is 1. The Morgan fingerprint density at radius 1 is 0.906 bits per heavy atom. The predicted octanol–water partition coefficient (Wildman–Crippen LogP) is 3.78. The molecule has 0 atom stereocenters. The Labute approximate surface area is 188 Å². The first-order valence-electron chi connectivity index (χ1n) is 10.0. The van der Waals surface area contributed by atoms with Crippen LogP contribution in [0.3, 0.4) is 0 Å². The molecule has 0 bridgehead atoms. The average molecular weight is 455 g/mol. The standard InChI is InChI=1S/C24H26N2O5S/c1-26(18-19-8-12-22(13-9-19)31-17-16-30-2)24(27)20-10-14-23(15-11-20)32(28,29)25-21-6-4-3-5-7-21/h3-15,25H,16-18H2,1-2H3. The summed E-state index contributed by atoms with van der Waals surface area (Å²) in [5, 5.41) is 0. The maximum Gasteiger partial charge on any atom is 0.261 e. The van der Waals surface area contributed by atoms with Crippen LogP contribution in [-0.4, -0.2) is 46.6 Å². The van der Waals surface area contributed by atoms with E-state index < -0.39 is 10.0 Å². The molecule has 0 aliphatic carbocycles. The van der Waals surface area contributed by atoms with Crippen molar-refractivity contribution in [3.63, 3.8) is 0 Å². The maximum atomic E-state index is 12.8. The van der Waals surface area contributed by atoms with Crippen LogP contribution in [0.4, 0.5) is 5.69 Å². The second kappa shape index (κ2) is 10.8. The first-order valence-corrected chi connectivity index (χ1v) is 11.5. The predicted molar refractivity (Wildman–Crippen MR) is 123 cm³/mol. The second-order valence-corrected chi connectivity index (χ2v) is 8.82. The average Bonchev–Trinajstić information content (AvgIpc) is 2.80. The molecule has 8 heteroatoms. The zero-order valence-corrected chi connectivity index (χ0v) is 18.8. The quantitative estimate of drug-likeness (QED) is 0.471. The lowest BCUT2D eigenvalue weighted by Gasteiger charge is -2.18. The molecule has 3 aromatic carbocycles. The Morgan fingerprint density at radius 2 is 1.56 bits per heavy atom. The monoisotopic (exact) mass is 454 g/mol. The summed E-state index contributed by atoms with van der Waals surface area (Å²) in [6.07, 6.45) is 0. The molecule has 3 aromatic rings. The molecule has 0 spiro atoms. The van der Waals surface area contributed by atoms with Gasteiger partial charge in [-0.1, -0.05) is 30.3 Å². The number of methoxy groups -OCH3 is 1. The highest BCUT2D eigenvalue weighted by Gasteiger charge is 2.17. The molecule has 7 nitrogen and oxygen atoms in total. The van der Waals surface area contributed by atoms with Crippen LogP contribution < -0.4 is 9.46 Å². The molecule has 0 saturated carbocycles. The van der Waals surface area contributed by atoms with E-state index in [4.69, 9.17) is 9.47 Å². The Morgan fingerprint density at radius 3 is 2.19 bits per heavy atom. The number of hydrogen-bond acceptors (Lipinski definition) is 5. The molecule has 3 rings (SSSR count). The van der Waals surface area contributed by atoms with E-state index in [9.17, 15) is 13.2 Å². The van der Waals surface area contributed by atoms with Crippen molar-refractivity contribution in [3.8, 4) is 5.75 Å². The number of ether oxygens (including phenoxy) is 2. The zero-order chi connectivity index (χ0) is 23.0. The molecule has 0 aliphatic heterocycles. The molecule has 32 heavy (non-hydrogen) atoms. The van der Waals surface area contributed by atoms with Gasteiger partial charge in [0.2, 0.25) is 0 Å². The van der Waals surface area contributed by atoms with Gasteiger partial charge in [0, 0.05) is 32.0 Å². The van der Waals surface area contributed by atoms with Gasteiger partial charge in [-0.3, -0.25) is 9.52 Å². The number of nitrogens with zero attached hydrogens (tertiary/aromatic N) is 1. The molecule has 0 fully saturated rings. The van der Waals surface area contributed by atoms with Gasteiger partial charge in [0.15, 0.2) is 0 Å². The fourth-order valence-corrected chi connectivity index (χ4v) is 4.06.